The zero-order valence-electron chi connectivity index (χ0n) is 14.0. The molecule has 3 N–H and O–H groups in total. The van der Waals surface area contributed by atoms with Gasteiger partial charge in [-0.1, -0.05) is 19.3 Å². The van der Waals surface area contributed by atoms with Crippen molar-refractivity contribution >= 4 is 17.7 Å². The fraction of sp³-hybridized carbons (Fsp3) is 0.688. The van der Waals surface area contributed by atoms with Crippen molar-refractivity contribution < 1.29 is 4.79 Å². The average Bonchev–Trinajstić information content (AvgIpc) is 2.83. The van der Waals surface area contributed by atoms with Crippen LogP contribution in [-0.4, -0.2) is 27.6 Å². The van der Waals surface area contributed by atoms with Crippen LogP contribution in [0.25, 0.3) is 0 Å². The van der Waals surface area contributed by atoms with E-state index in [0.717, 1.165) is 31.4 Å². The number of anilines is 1. The maximum Gasteiger partial charge on any atom is 0.229 e. The molecule has 0 bridgehead atoms. The second-order valence-electron chi connectivity index (χ2n) is 7.02. The Morgan fingerprint density at radius 3 is 2.55 bits per heavy atom. The van der Waals surface area contributed by atoms with Crippen LogP contribution >= 0.6 is 0 Å². The second kappa shape index (κ2) is 6.94. The van der Waals surface area contributed by atoms with E-state index in [1.807, 2.05) is 33.8 Å². The van der Waals surface area contributed by atoms with Gasteiger partial charge in [0, 0.05) is 17.7 Å². The third-order valence-corrected chi connectivity index (χ3v) is 3.62. The van der Waals surface area contributed by atoms with Gasteiger partial charge >= 0.3 is 0 Å². The van der Waals surface area contributed by atoms with Crippen molar-refractivity contribution in [1.29, 1.82) is 0 Å². The van der Waals surface area contributed by atoms with E-state index in [2.05, 4.69) is 25.8 Å². The van der Waals surface area contributed by atoms with Gasteiger partial charge in [-0.15, -0.1) is 0 Å². The molecule has 0 atom stereocenters. The summed E-state index contributed by atoms with van der Waals surface area (Å²) in [6.45, 7) is 7.92. The van der Waals surface area contributed by atoms with Gasteiger partial charge in [0.05, 0.1) is 5.54 Å². The maximum atomic E-state index is 12.4. The van der Waals surface area contributed by atoms with Gasteiger partial charge in [0.2, 0.25) is 11.9 Å². The number of aromatic nitrogens is 2. The summed E-state index contributed by atoms with van der Waals surface area (Å²) >= 11 is 0. The standard InChI is InChI=1S/C16H27N5O/c1-11-10-13(21-20-11)17-15(19-16(2,3)4)18-14(22)12-8-6-5-7-9-12/h10,12H,5-9H2,1-4H3,(H3,17,18,19,20,21,22). The number of hydrogen-bond acceptors (Lipinski definition) is 3. The summed E-state index contributed by atoms with van der Waals surface area (Å²) < 4.78 is 0. The Bertz CT molecular complexity index is 535. The minimum absolute atomic E-state index is 0.0578. The van der Waals surface area contributed by atoms with E-state index in [-0.39, 0.29) is 17.4 Å². The smallest absolute Gasteiger partial charge is 0.229 e. The first-order chi connectivity index (χ1) is 10.3. The highest BCUT2D eigenvalue weighted by Crippen LogP contribution is 2.23. The van der Waals surface area contributed by atoms with Crippen LogP contribution in [0.5, 0.6) is 0 Å². The van der Waals surface area contributed by atoms with Gasteiger partial charge in [0.1, 0.15) is 0 Å². The van der Waals surface area contributed by atoms with Crippen molar-refractivity contribution in [3.8, 4) is 0 Å². The first-order valence-corrected chi connectivity index (χ1v) is 8.03. The van der Waals surface area contributed by atoms with E-state index < -0.39 is 0 Å². The Hall–Kier alpha value is -1.85. The zero-order valence-corrected chi connectivity index (χ0v) is 14.0. The zero-order chi connectivity index (χ0) is 16.2. The summed E-state index contributed by atoms with van der Waals surface area (Å²) in [5.74, 6) is 1.28. The predicted molar refractivity (Wildman–Crippen MR) is 88.9 cm³/mol. The van der Waals surface area contributed by atoms with Gasteiger partial charge in [-0.2, -0.15) is 5.10 Å². The number of aryl methyl sites for hydroxylation is 1. The molecule has 1 aliphatic carbocycles. The van der Waals surface area contributed by atoms with Crippen molar-refractivity contribution in [1.82, 2.24) is 15.5 Å². The predicted octanol–water partition coefficient (Wildman–Crippen LogP) is 2.98. The Morgan fingerprint density at radius 2 is 2.00 bits per heavy atom. The van der Waals surface area contributed by atoms with Crippen LogP contribution in [0.15, 0.2) is 11.1 Å². The van der Waals surface area contributed by atoms with E-state index in [9.17, 15) is 4.79 Å². The third kappa shape index (κ3) is 5.16. The number of carbonyl (C=O) groups is 1. The lowest BCUT2D eigenvalue weighted by molar-refractivity contribution is -0.124. The highest BCUT2D eigenvalue weighted by atomic mass is 16.2. The van der Waals surface area contributed by atoms with Crippen molar-refractivity contribution in [2.75, 3.05) is 5.32 Å². The molecule has 1 amide bonds. The SMILES string of the molecule is Cc1cc(NC(=NC(C)(C)C)NC(=O)C2CCCCC2)n[nH]1. The van der Waals surface area contributed by atoms with Gasteiger partial charge in [0.15, 0.2) is 5.82 Å². The lowest BCUT2D eigenvalue weighted by Crippen LogP contribution is -2.41. The number of aromatic amines is 1. The fourth-order valence-corrected chi connectivity index (χ4v) is 2.61. The molecule has 1 fully saturated rings. The minimum atomic E-state index is -0.284. The molecule has 0 saturated heterocycles. The molecule has 1 saturated carbocycles. The van der Waals surface area contributed by atoms with Crippen LogP contribution in [0.2, 0.25) is 0 Å². The number of guanidine groups is 1. The highest BCUT2D eigenvalue weighted by molar-refractivity contribution is 6.04. The number of carbonyl (C=O) groups excluding carboxylic acids is 1. The largest absolute Gasteiger partial charge is 0.309 e. The minimum Gasteiger partial charge on any atom is -0.309 e. The lowest BCUT2D eigenvalue weighted by Gasteiger charge is -2.22. The third-order valence-electron chi connectivity index (χ3n) is 3.62. The van der Waals surface area contributed by atoms with E-state index in [4.69, 9.17) is 0 Å². The van der Waals surface area contributed by atoms with Gasteiger partial charge in [-0.3, -0.25) is 15.2 Å². The number of nitrogens with one attached hydrogen (secondary N) is 3. The van der Waals surface area contributed by atoms with Crippen LogP contribution < -0.4 is 10.6 Å². The molecule has 2 rings (SSSR count). The molecule has 22 heavy (non-hydrogen) atoms. The van der Waals surface area contributed by atoms with Crippen molar-refractivity contribution in [2.45, 2.75) is 65.3 Å². The van der Waals surface area contributed by atoms with Gasteiger partial charge in [0.25, 0.3) is 0 Å². The van der Waals surface area contributed by atoms with Crippen molar-refractivity contribution in [2.24, 2.45) is 10.9 Å². The van der Waals surface area contributed by atoms with Crippen LogP contribution in [0.3, 0.4) is 0 Å². The molecule has 1 heterocycles. The summed E-state index contributed by atoms with van der Waals surface area (Å²) in [5, 5.41) is 13.1. The molecule has 6 nitrogen and oxygen atoms in total. The van der Waals surface area contributed by atoms with Crippen molar-refractivity contribution in [3.63, 3.8) is 0 Å². The second-order valence-corrected chi connectivity index (χ2v) is 7.02. The Kier molecular flexibility index (Phi) is 5.21. The van der Waals surface area contributed by atoms with Gasteiger partial charge in [-0.25, -0.2) is 4.99 Å². The molecule has 1 aromatic heterocycles. The fourth-order valence-electron chi connectivity index (χ4n) is 2.61. The van der Waals surface area contributed by atoms with E-state index in [1.54, 1.807) is 0 Å². The Balaban J connectivity index is 2.07. The lowest BCUT2D eigenvalue weighted by atomic mass is 9.89. The number of hydrogen-bond donors (Lipinski definition) is 3. The molecule has 122 valence electrons. The molecule has 0 aromatic carbocycles. The summed E-state index contributed by atoms with van der Waals surface area (Å²) in [6, 6.07) is 1.88. The Labute approximate surface area is 132 Å². The van der Waals surface area contributed by atoms with Crippen LogP contribution in [0, 0.1) is 12.8 Å². The molecule has 0 unspecified atom stereocenters. The number of aliphatic imine (C=N–C) groups is 1. The van der Waals surface area contributed by atoms with E-state index in [1.165, 1.54) is 6.42 Å². The molecular formula is C16H27N5O. The molecule has 0 spiro atoms. The van der Waals surface area contributed by atoms with E-state index >= 15 is 0 Å². The molecule has 0 radical (unpaired) electrons. The summed E-state index contributed by atoms with van der Waals surface area (Å²) in [5.41, 5.74) is 0.671. The van der Waals surface area contributed by atoms with Crippen LogP contribution in [0.4, 0.5) is 5.82 Å². The summed E-state index contributed by atoms with van der Waals surface area (Å²) in [4.78, 5) is 17.0. The summed E-state index contributed by atoms with van der Waals surface area (Å²) in [6.07, 6.45) is 5.44. The van der Waals surface area contributed by atoms with Gasteiger partial charge < -0.3 is 5.32 Å². The average molecular weight is 305 g/mol. The molecule has 6 heteroatoms. The van der Waals surface area contributed by atoms with Crippen molar-refractivity contribution in [3.05, 3.63) is 11.8 Å². The van der Waals surface area contributed by atoms with Gasteiger partial charge in [-0.05, 0) is 40.5 Å². The van der Waals surface area contributed by atoms with Crippen LogP contribution in [0.1, 0.15) is 58.6 Å². The van der Waals surface area contributed by atoms with Crippen LogP contribution in [-0.2, 0) is 4.79 Å². The molecule has 0 aliphatic heterocycles. The number of nitrogens with zero attached hydrogens (tertiary/aromatic N) is 2. The molecular weight excluding hydrogens is 278 g/mol. The number of amides is 1. The van der Waals surface area contributed by atoms with E-state index in [0.29, 0.717) is 11.8 Å². The monoisotopic (exact) mass is 305 g/mol. The highest BCUT2D eigenvalue weighted by Gasteiger charge is 2.23. The number of rotatable bonds is 2. The normalized spacial score (nSPS) is 17.4. The maximum absolute atomic E-state index is 12.4. The summed E-state index contributed by atoms with van der Waals surface area (Å²) in [7, 11) is 0. The molecule has 1 aliphatic rings. The first-order valence-electron chi connectivity index (χ1n) is 8.03. The quantitative estimate of drug-likeness (QED) is 0.580. The first kappa shape index (κ1) is 16.5. The molecule has 1 aromatic rings. The number of H-pyrrole nitrogens is 1. The topological polar surface area (TPSA) is 82.2 Å². The Morgan fingerprint density at radius 1 is 1.32 bits per heavy atom.